The van der Waals surface area contributed by atoms with E-state index in [9.17, 15) is 29.1 Å². The number of aliphatic carboxylic acids is 1. The van der Waals surface area contributed by atoms with Gasteiger partial charge < -0.3 is 37.8 Å². The Morgan fingerprint density at radius 3 is 2.11 bits per heavy atom. The number of carboxylic acids is 1. The molecule has 0 aliphatic heterocycles. The maximum Gasteiger partial charge on any atom is 0.326 e. The van der Waals surface area contributed by atoms with Gasteiger partial charge in [-0.1, -0.05) is 44.2 Å². The molecule has 0 unspecified atom stereocenters. The number of rotatable bonds is 17. The first-order valence-electron chi connectivity index (χ1n) is 12.4. The molecule has 1 aromatic carbocycles. The van der Waals surface area contributed by atoms with Crippen LogP contribution in [0.2, 0.25) is 0 Å². The van der Waals surface area contributed by atoms with Crippen LogP contribution in [-0.4, -0.2) is 72.5 Å². The molecule has 1 aromatic rings. The van der Waals surface area contributed by atoms with E-state index in [0.29, 0.717) is 32.2 Å². The largest absolute Gasteiger partial charge is 0.480 e. The number of carboxylic acid groups (broad SMARTS) is 1. The molecule has 37 heavy (non-hydrogen) atoms. The lowest BCUT2D eigenvalue weighted by atomic mass is 10.0. The molecule has 0 aliphatic carbocycles. The average molecular weight is 521 g/mol. The summed E-state index contributed by atoms with van der Waals surface area (Å²) in [5.74, 6) is -3.45. The maximum atomic E-state index is 12.7. The van der Waals surface area contributed by atoms with E-state index >= 15 is 0 Å². The van der Waals surface area contributed by atoms with Crippen molar-refractivity contribution in [1.29, 1.82) is 0 Å². The second-order valence-corrected chi connectivity index (χ2v) is 9.22. The van der Waals surface area contributed by atoms with Crippen LogP contribution in [0.15, 0.2) is 30.3 Å². The van der Waals surface area contributed by atoms with Gasteiger partial charge in [-0.2, -0.15) is 0 Å². The highest BCUT2D eigenvalue weighted by atomic mass is 16.4. The number of nitrogens with one attached hydrogen (secondary N) is 4. The fourth-order valence-electron chi connectivity index (χ4n) is 3.47. The number of benzene rings is 1. The molecule has 206 valence electrons. The Hall–Kier alpha value is -3.51. The lowest BCUT2D eigenvalue weighted by Crippen LogP contribution is -2.54. The number of amides is 4. The fourth-order valence-corrected chi connectivity index (χ4v) is 3.47. The zero-order chi connectivity index (χ0) is 27.8. The van der Waals surface area contributed by atoms with Crippen molar-refractivity contribution >= 4 is 29.6 Å². The Morgan fingerprint density at radius 2 is 1.51 bits per heavy atom. The lowest BCUT2D eigenvalue weighted by Gasteiger charge is -2.22. The van der Waals surface area contributed by atoms with E-state index in [-0.39, 0.29) is 12.3 Å². The summed E-state index contributed by atoms with van der Waals surface area (Å²) in [5.41, 5.74) is 12.3. The smallest absolute Gasteiger partial charge is 0.326 e. The monoisotopic (exact) mass is 520 g/mol. The summed E-state index contributed by atoms with van der Waals surface area (Å²) in [6, 6.07) is 6.44. The third-order valence-corrected chi connectivity index (χ3v) is 5.42. The van der Waals surface area contributed by atoms with E-state index in [2.05, 4.69) is 21.3 Å². The van der Waals surface area contributed by atoms with Crippen LogP contribution >= 0.6 is 0 Å². The number of hydrogen-bond acceptors (Lipinski definition) is 7. The molecule has 1 rings (SSSR count). The predicted octanol–water partition coefficient (Wildman–Crippen LogP) is -0.982. The molecular formula is C25H40N6O6. The molecule has 0 saturated carbocycles. The molecule has 12 heteroatoms. The number of hydrogen-bond donors (Lipinski definition) is 7. The normalized spacial score (nSPS) is 13.2. The first-order chi connectivity index (χ1) is 17.5. The zero-order valence-electron chi connectivity index (χ0n) is 21.5. The number of carbonyl (C=O) groups excluding carboxylic acids is 4. The predicted molar refractivity (Wildman–Crippen MR) is 138 cm³/mol. The lowest BCUT2D eigenvalue weighted by molar-refractivity contribution is -0.142. The van der Waals surface area contributed by atoms with Gasteiger partial charge in [-0.25, -0.2) is 4.79 Å². The van der Waals surface area contributed by atoms with Crippen LogP contribution in [0.25, 0.3) is 0 Å². The Balaban J connectivity index is 2.53. The second kappa shape index (κ2) is 17.0. The molecule has 0 fully saturated rings. The van der Waals surface area contributed by atoms with Crippen LogP contribution in [-0.2, 0) is 30.4 Å². The quantitative estimate of drug-likeness (QED) is 0.127. The van der Waals surface area contributed by atoms with Crippen molar-refractivity contribution in [3.05, 3.63) is 35.9 Å². The Bertz CT molecular complexity index is 895. The van der Waals surface area contributed by atoms with E-state index in [4.69, 9.17) is 11.5 Å². The summed E-state index contributed by atoms with van der Waals surface area (Å²) >= 11 is 0. The summed E-state index contributed by atoms with van der Waals surface area (Å²) in [6.07, 6.45) is 2.04. The Morgan fingerprint density at radius 1 is 0.865 bits per heavy atom. The summed E-state index contributed by atoms with van der Waals surface area (Å²) < 4.78 is 0. The molecule has 0 bridgehead atoms. The third kappa shape index (κ3) is 13.4. The van der Waals surface area contributed by atoms with Crippen LogP contribution in [0.3, 0.4) is 0 Å². The van der Waals surface area contributed by atoms with Crippen molar-refractivity contribution < 1.29 is 29.1 Å². The standard InChI is InChI=1S/C25H40N6O6/c1-16(2)12-20(31-23(34)18(27)13-17-8-4-3-5-9-17)24(35)29-14-21(32)28-15-22(33)30-19(25(36)37)10-6-7-11-26/h3-5,8-9,16,18-20H,6-7,10-15,26-27H2,1-2H3,(H,28,32)(H,29,35)(H,30,33)(H,31,34)(H,36,37)/t18-,19-,20-/m0/s1. The highest BCUT2D eigenvalue weighted by Crippen LogP contribution is 2.07. The number of unbranched alkanes of at least 4 members (excludes halogenated alkanes) is 1. The molecular weight excluding hydrogens is 480 g/mol. The van der Waals surface area contributed by atoms with Crippen molar-refractivity contribution in [2.24, 2.45) is 17.4 Å². The molecule has 0 saturated heterocycles. The van der Waals surface area contributed by atoms with Gasteiger partial charge >= 0.3 is 5.97 Å². The van der Waals surface area contributed by atoms with Crippen LogP contribution in [0.5, 0.6) is 0 Å². The van der Waals surface area contributed by atoms with Gasteiger partial charge in [-0.05, 0) is 50.1 Å². The molecule has 0 radical (unpaired) electrons. The van der Waals surface area contributed by atoms with Gasteiger partial charge in [-0.15, -0.1) is 0 Å². The Labute approximate surface area is 217 Å². The van der Waals surface area contributed by atoms with Crippen LogP contribution in [0.1, 0.15) is 45.1 Å². The summed E-state index contributed by atoms with van der Waals surface area (Å²) in [5, 5.41) is 19.0. The molecule has 0 heterocycles. The topological polar surface area (TPSA) is 206 Å². The zero-order valence-corrected chi connectivity index (χ0v) is 21.5. The summed E-state index contributed by atoms with van der Waals surface area (Å²) in [4.78, 5) is 60.7. The van der Waals surface area contributed by atoms with Gasteiger partial charge in [-0.3, -0.25) is 19.2 Å². The van der Waals surface area contributed by atoms with E-state index in [1.165, 1.54) is 0 Å². The van der Waals surface area contributed by atoms with E-state index in [1.54, 1.807) is 0 Å². The van der Waals surface area contributed by atoms with Gasteiger partial charge in [0.05, 0.1) is 19.1 Å². The van der Waals surface area contributed by atoms with Crippen molar-refractivity contribution in [2.45, 2.75) is 64.1 Å². The van der Waals surface area contributed by atoms with Crippen molar-refractivity contribution in [2.75, 3.05) is 19.6 Å². The molecule has 12 nitrogen and oxygen atoms in total. The van der Waals surface area contributed by atoms with Crippen LogP contribution in [0.4, 0.5) is 0 Å². The fraction of sp³-hybridized carbons (Fsp3) is 0.560. The number of nitrogens with two attached hydrogens (primary N) is 2. The van der Waals surface area contributed by atoms with Gasteiger partial charge in [0.25, 0.3) is 0 Å². The van der Waals surface area contributed by atoms with Crippen LogP contribution in [0, 0.1) is 5.92 Å². The molecule has 9 N–H and O–H groups in total. The van der Waals surface area contributed by atoms with E-state index in [0.717, 1.165) is 5.56 Å². The average Bonchev–Trinajstić information content (AvgIpc) is 2.85. The molecule has 4 amide bonds. The van der Waals surface area contributed by atoms with Gasteiger partial charge in [0.2, 0.25) is 23.6 Å². The minimum absolute atomic E-state index is 0.0750. The minimum atomic E-state index is -1.18. The summed E-state index contributed by atoms with van der Waals surface area (Å²) in [7, 11) is 0. The van der Waals surface area contributed by atoms with E-state index in [1.807, 2.05) is 44.2 Å². The molecule has 3 atom stereocenters. The molecule has 0 aliphatic rings. The minimum Gasteiger partial charge on any atom is -0.480 e. The highest BCUT2D eigenvalue weighted by Gasteiger charge is 2.25. The van der Waals surface area contributed by atoms with Crippen molar-refractivity contribution in [3.63, 3.8) is 0 Å². The van der Waals surface area contributed by atoms with Gasteiger partial charge in [0, 0.05) is 0 Å². The van der Waals surface area contributed by atoms with Gasteiger partial charge in [0.1, 0.15) is 12.1 Å². The first kappa shape index (κ1) is 31.5. The van der Waals surface area contributed by atoms with Gasteiger partial charge in [0.15, 0.2) is 0 Å². The third-order valence-electron chi connectivity index (χ3n) is 5.42. The SMILES string of the molecule is CC(C)C[C@H](NC(=O)[C@@H](N)Cc1ccccc1)C(=O)NCC(=O)NCC(=O)N[C@@H](CCCCN)C(=O)O. The van der Waals surface area contributed by atoms with E-state index < -0.39 is 60.8 Å². The Kier molecular flexibility index (Phi) is 14.5. The molecule has 0 aromatic heterocycles. The first-order valence-corrected chi connectivity index (χ1v) is 12.4. The maximum absolute atomic E-state index is 12.7. The van der Waals surface area contributed by atoms with Crippen molar-refractivity contribution in [1.82, 2.24) is 21.3 Å². The van der Waals surface area contributed by atoms with Crippen molar-refractivity contribution in [3.8, 4) is 0 Å². The second-order valence-electron chi connectivity index (χ2n) is 9.22. The highest BCUT2D eigenvalue weighted by molar-refractivity contribution is 5.93. The van der Waals surface area contributed by atoms with Crippen LogP contribution < -0.4 is 32.7 Å². The molecule has 0 spiro atoms. The number of carbonyl (C=O) groups is 5. The summed E-state index contributed by atoms with van der Waals surface area (Å²) in [6.45, 7) is 3.33.